The van der Waals surface area contributed by atoms with Crippen molar-refractivity contribution in [2.75, 3.05) is 16.8 Å². The molecule has 1 aliphatic heterocycles. The Bertz CT molecular complexity index is 753. The largest absolute Gasteiger partial charge is 0.453 e. The first kappa shape index (κ1) is 18.4. The molecule has 8 nitrogen and oxygen atoms in total. The van der Waals surface area contributed by atoms with Gasteiger partial charge in [0, 0.05) is 13.5 Å². The van der Waals surface area contributed by atoms with E-state index in [0.717, 1.165) is 5.69 Å². The van der Waals surface area contributed by atoms with Crippen LogP contribution in [-0.4, -0.2) is 47.7 Å². The van der Waals surface area contributed by atoms with E-state index in [2.05, 4.69) is 10.4 Å². The third-order valence-electron chi connectivity index (χ3n) is 4.22. The minimum absolute atomic E-state index is 0.0107. The Morgan fingerprint density at radius 1 is 1.42 bits per heavy atom. The minimum Gasteiger partial charge on any atom is -0.453 e. The molecule has 9 heteroatoms. The highest BCUT2D eigenvalue weighted by molar-refractivity contribution is 7.91. The number of sulfone groups is 1. The van der Waals surface area contributed by atoms with Gasteiger partial charge in [0.15, 0.2) is 15.9 Å². The van der Waals surface area contributed by atoms with Crippen molar-refractivity contribution in [2.45, 2.75) is 39.7 Å². The summed E-state index contributed by atoms with van der Waals surface area (Å²) in [6, 6.07) is 0. The molecule has 1 fully saturated rings. The molecule has 0 radical (unpaired) electrons. The maximum atomic E-state index is 12.2. The second-order valence-corrected chi connectivity index (χ2v) is 8.49. The number of carbonyl (C=O) groups is 2. The zero-order valence-corrected chi connectivity index (χ0v) is 15.1. The van der Waals surface area contributed by atoms with Gasteiger partial charge in [-0.15, -0.1) is 0 Å². The van der Waals surface area contributed by atoms with E-state index in [-0.39, 0.29) is 23.8 Å². The Hall–Kier alpha value is -1.90. The Morgan fingerprint density at radius 2 is 2.08 bits per heavy atom. The number of carbonyl (C=O) groups excluding carboxylic acids is 2. The Morgan fingerprint density at radius 3 is 2.58 bits per heavy atom. The second kappa shape index (κ2) is 6.92. The van der Waals surface area contributed by atoms with E-state index < -0.39 is 27.8 Å². The molecule has 1 saturated heterocycles. The summed E-state index contributed by atoms with van der Waals surface area (Å²) in [7, 11) is -1.26. The summed E-state index contributed by atoms with van der Waals surface area (Å²) in [5.74, 6) is -1.10. The number of ether oxygens (including phenoxy) is 1. The fourth-order valence-electron chi connectivity index (χ4n) is 2.75. The number of hydrogen-bond donors (Lipinski definition) is 1. The number of hydrogen-bond acceptors (Lipinski definition) is 6. The Kier molecular flexibility index (Phi) is 5.32. The minimum atomic E-state index is -3.03. The van der Waals surface area contributed by atoms with Crippen molar-refractivity contribution >= 4 is 27.4 Å². The normalized spacial score (nSPS) is 20.6. The molecule has 0 spiro atoms. The van der Waals surface area contributed by atoms with E-state index >= 15 is 0 Å². The number of amides is 1. The van der Waals surface area contributed by atoms with Crippen molar-refractivity contribution in [2.24, 2.45) is 13.0 Å². The first-order valence-electron chi connectivity index (χ1n) is 7.80. The lowest BCUT2D eigenvalue weighted by atomic mass is 10.1. The molecule has 2 atom stereocenters. The summed E-state index contributed by atoms with van der Waals surface area (Å²) in [4.78, 5) is 24.1. The van der Waals surface area contributed by atoms with Crippen LogP contribution in [0.4, 0.5) is 5.69 Å². The molecule has 2 rings (SSSR count). The number of aromatic nitrogens is 2. The number of rotatable bonds is 5. The zero-order chi connectivity index (χ0) is 18.1. The van der Waals surface area contributed by atoms with Crippen LogP contribution in [0, 0.1) is 19.8 Å². The number of esters is 1. The molecule has 1 aliphatic rings. The molecule has 1 N–H and O–H groups in total. The van der Waals surface area contributed by atoms with E-state index in [0.29, 0.717) is 17.8 Å². The molecule has 0 saturated carbocycles. The van der Waals surface area contributed by atoms with E-state index in [1.807, 2.05) is 6.92 Å². The van der Waals surface area contributed by atoms with Crippen molar-refractivity contribution in [3.63, 3.8) is 0 Å². The monoisotopic (exact) mass is 357 g/mol. The van der Waals surface area contributed by atoms with Gasteiger partial charge in [0.1, 0.15) is 0 Å². The molecule has 0 unspecified atom stereocenters. The fourth-order valence-corrected chi connectivity index (χ4v) is 4.61. The first-order valence-corrected chi connectivity index (χ1v) is 9.62. The molecule has 24 heavy (non-hydrogen) atoms. The van der Waals surface area contributed by atoms with Crippen molar-refractivity contribution in [1.29, 1.82) is 0 Å². The van der Waals surface area contributed by atoms with Gasteiger partial charge >= 0.3 is 5.97 Å². The summed E-state index contributed by atoms with van der Waals surface area (Å²) < 4.78 is 29.6. The maximum absolute atomic E-state index is 12.2. The molecule has 2 heterocycles. The van der Waals surface area contributed by atoms with Gasteiger partial charge < -0.3 is 10.1 Å². The van der Waals surface area contributed by atoms with Crippen LogP contribution in [0.15, 0.2) is 0 Å². The Balaban J connectivity index is 1.88. The van der Waals surface area contributed by atoms with Crippen molar-refractivity contribution in [1.82, 2.24) is 9.78 Å². The summed E-state index contributed by atoms with van der Waals surface area (Å²) in [6.45, 7) is 5.09. The van der Waals surface area contributed by atoms with Gasteiger partial charge in [-0.2, -0.15) is 5.10 Å². The highest BCUT2D eigenvalue weighted by atomic mass is 32.2. The van der Waals surface area contributed by atoms with Crippen LogP contribution < -0.4 is 5.32 Å². The molecule has 1 amide bonds. The molecule has 0 aromatic carbocycles. The topological polar surface area (TPSA) is 107 Å². The molecule has 1 aromatic rings. The average molecular weight is 357 g/mol. The van der Waals surface area contributed by atoms with Gasteiger partial charge in [-0.25, -0.2) is 8.42 Å². The standard InChI is InChI=1S/C15H23N3O5S/c1-9-14(10(2)18(4)17-9)16-15(20)11(3)23-13(19)7-12-5-6-24(21,22)8-12/h11-12H,5-8H2,1-4H3,(H,16,20)/t11-,12-/m0/s1. The fraction of sp³-hybridized carbons (Fsp3) is 0.667. The smallest absolute Gasteiger partial charge is 0.306 e. The van der Waals surface area contributed by atoms with Crippen LogP contribution >= 0.6 is 0 Å². The van der Waals surface area contributed by atoms with Crippen LogP contribution in [0.25, 0.3) is 0 Å². The van der Waals surface area contributed by atoms with E-state index in [1.54, 1.807) is 18.7 Å². The summed E-state index contributed by atoms with van der Waals surface area (Å²) in [6.07, 6.45) is -0.483. The highest BCUT2D eigenvalue weighted by Crippen LogP contribution is 2.22. The summed E-state index contributed by atoms with van der Waals surface area (Å²) >= 11 is 0. The third-order valence-corrected chi connectivity index (χ3v) is 6.05. The van der Waals surface area contributed by atoms with Crippen molar-refractivity contribution in [3.8, 4) is 0 Å². The molecular weight excluding hydrogens is 334 g/mol. The van der Waals surface area contributed by atoms with Crippen LogP contribution in [0.1, 0.15) is 31.2 Å². The van der Waals surface area contributed by atoms with Crippen molar-refractivity contribution in [3.05, 3.63) is 11.4 Å². The van der Waals surface area contributed by atoms with Gasteiger partial charge in [-0.3, -0.25) is 14.3 Å². The van der Waals surface area contributed by atoms with E-state index in [9.17, 15) is 18.0 Å². The first-order chi connectivity index (χ1) is 11.1. The van der Waals surface area contributed by atoms with Crippen LogP contribution in [-0.2, 0) is 31.2 Å². The van der Waals surface area contributed by atoms with E-state index in [1.165, 1.54) is 6.92 Å². The SMILES string of the molecule is Cc1nn(C)c(C)c1NC(=O)[C@H](C)OC(=O)C[C@@H]1CCS(=O)(=O)C1. The van der Waals surface area contributed by atoms with Gasteiger partial charge in [0.25, 0.3) is 5.91 Å². The molecule has 1 aromatic heterocycles. The van der Waals surface area contributed by atoms with Crippen LogP contribution in [0.2, 0.25) is 0 Å². The predicted octanol–water partition coefficient (Wildman–Crippen LogP) is 0.732. The molecule has 0 bridgehead atoms. The summed E-state index contributed by atoms with van der Waals surface area (Å²) in [5.41, 5.74) is 2.08. The maximum Gasteiger partial charge on any atom is 0.306 e. The lowest BCUT2D eigenvalue weighted by Gasteiger charge is -2.15. The van der Waals surface area contributed by atoms with Gasteiger partial charge in [0.05, 0.1) is 28.6 Å². The van der Waals surface area contributed by atoms with Gasteiger partial charge in [0.2, 0.25) is 0 Å². The number of aryl methyl sites for hydroxylation is 2. The number of anilines is 1. The molecule has 134 valence electrons. The third kappa shape index (κ3) is 4.34. The van der Waals surface area contributed by atoms with Crippen LogP contribution in [0.5, 0.6) is 0 Å². The van der Waals surface area contributed by atoms with Crippen LogP contribution in [0.3, 0.4) is 0 Å². The number of nitrogens with zero attached hydrogens (tertiary/aromatic N) is 2. The zero-order valence-electron chi connectivity index (χ0n) is 14.3. The van der Waals surface area contributed by atoms with Crippen molar-refractivity contribution < 1.29 is 22.7 Å². The van der Waals surface area contributed by atoms with Gasteiger partial charge in [-0.1, -0.05) is 0 Å². The van der Waals surface area contributed by atoms with Gasteiger partial charge in [-0.05, 0) is 33.1 Å². The molecular formula is C15H23N3O5S. The average Bonchev–Trinajstić information content (AvgIpc) is 2.92. The predicted molar refractivity (Wildman–Crippen MR) is 88.2 cm³/mol. The van der Waals surface area contributed by atoms with E-state index in [4.69, 9.17) is 4.74 Å². The quantitative estimate of drug-likeness (QED) is 0.779. The lowest BCUT2D eigenvalue weighted by molar-refractivity contribution is -0.153. The second-order valence-electron chi connectivity index (χ2n) is 6.26. The lowest BCUT2D eigenvalue weighted by Crippen LogP contribution is -2.31. The summed E-state index contributed by atoms with van der Waals surface area (Å²) in [5, 5.41) is 6.92. The highest BCUT2D eigenvalue weighted by Gasteiger charge is 2.31. The number of nitrogens with one attached hydrogen (secondary N) is 1. The molecule has 0 aliphatic carbocycles. The Labute approximate surface area is 141 Å².